The molecular weight excluding hydrogens is 476 g/mol. The Morgan fingerprint density at radius 3 is 1.89 bits per heavy atom. The number of aliphatic hydroxyl groups is 1. The highest BCUT2D eigenvalue weighted by Crippen LogP contribution is 2.13. The molecular formula is C23H34N4O9. The number of benzene rings is 1. The van der Waals surface area contributed by atoms with Gasteiger partial charge in [0.1, 0.15) is 29.9 Å². The Labute approximate surface area is 208 Å². The summed E-state index contributed by atoms with van der Waals surface area (Å²) in [6, 6.07) is 0.491. The van der Waals surface area contributed by atoms with Crippen molar-refractivity contribution in [1.82, 2.24) is 16.0 Å². The summed E-state index contributed by atoms with van der Waals surface area (Å²) in [6.45, 7) is 4.59. The van der Waals surface area contributed by atoms with E-state index in [1.807, 2.05) is 0 Å². The van der Waals surface area contributed by atoms with Crippen LogP contribution in [0.4, 0.5) is 0 Å². The Hall–Kier alpha value is -3.71. The van der Waals surface area contributed by atoms with Crippen LogP contribution >= 0.6 is 0 Å². The number of aliphatic hydroxyl groups excluding tert-OH is 1. The smallest absolute Gasteiger partial charge is 0.326 e. The highest BCUT2D eigenvalue weighted by molar-refractivity contribution is 5.94. The fourth-order valence-corrected chi connectivity index (χ4v) is 3.14. The number of carboxylic acid groups (broad SMARTS) is 2. The van der Waals surface area contributed by atoms with Gasteiger partial charge in [0.05, 0.1) is 6.10 Å². The van der Waals surface area contributed by atoms with Gasteiger partial charge in [-0.3, -0.25) is 19.2 Å². The second kappa shape index (κ2) is 14.0. The molecule has 36 heavy (non-hydrogen) atoms. The molecule has 0 bridgehead atoms. The van der Waals surface area contributed by atoms with Gasteiger partial charge in [-0.05, 0) is 37.0 Å². The van der Waals surface area contributed by atoms with Gasteiger partial charge in [-0.25, -0.2) is 4.79 Å². The summed E-state index contributed by atoms with van der Waals surface area (Å²) >= 11 is 0. The third-order valence-electron chi connectivity index (χ3n) is 5.34. The Bertz CT molecular complexity index is 934. The van der Waals surface area contributed by atoms with Crippen molar-refractivity contribution in [2.75, 3.05) is 0 Å². The molecule has 0 saturated carbocycles. The fraction of sp³-hybridized carbons (Fsp3) is 0.522. The summed E-state index contributed by atoms with van der Waals surface area (Å²) in [5.74, 6) is -5.58. The number of nitrogens with two attached hydrogens (primary N) is 1. The zero-order valence-corrected chi connectivity index (χ0v) is 20.3. The molecule has 13 heteroatoms. The molecule has 0 fully saturated rings. The molecule has 0 heterocycles. The molecule has 0 aromatic heterocycles. The summed E-state index contributed by atoms with van der Waals surface area (Å²) < 4.78 is 0. The average molecular weight is 511 g/mol. The molecule has 3 amide bonds. The molecule has 5 unspecified atom stereocenters. The normalized spacial score (nSPS) is 15.2. The van der Waals surface area contributed by atoms with Crippen molar-refractivity contribution in [2.45, 2.75) is 70.3 Å². The van der Waals surface area contributed by atoms with Gasteiger partial charge in [0, 0.05) is 12.8 Å². The van der Waals surface area contributed by atoms with Crippen LogP contribution in [-0.2, 0) is 30.4 Å². The summed E-state index contributed by atoms with van der Waals surface area (Å²) in [7, 11) is 0. The van der Waals surface area contributed by atoms with E-state index in [9.17, 15) is 39.3 Å². The van der Waals surface area contributed by atoms with Gasteiger partial charge in [0.25, 0.3) is 0 Å². The number of aromatic hydroxyl groups is 1. The first-order valence-corrected chi connectivity index (χ1v) is 11.3. The number of carboxylic acids is 2. The van der Waals surface area contributed by atoms with E-state index in [1.54, 1.807) is 13.8 Å². The molecule has 9 N–H and O–H groups in total. The molecule has 1 aromatic rings. The van der Waals surface area contributed by atoms with E-state index < -0.39 is 72.3 Å². The molecule has 0 aliphatic carbocycles. The van der Waals surface area contributed by atoms with Gasteiger partial charge in [-0.2, -0.15) is 0 Å². The van der Waals surface area contributed by atoms with Gasteiger partial charge in [-0.15, -0.1) is 0 Å². The van der Waals surface area contributed by atoms with Crippen LogP contribution in [0.3, 0.4) is 0 Å². The summed E-state index contributed by atoms with van der Waals surface area (Å²) in [6.07, 6.45) is -2.16. The van der Waals surface area contributed by atoms with Crippen molar-refractivity contribution in [3.05, 3.63) is 29.8 Å². The molecule has 1 aromatic carbocycles. The first-order chi connectivity index (χ1) is 16.7. The number of phenols is 1. The minimum Gasteiger partial charge on any atom is -0.508 e. The van der Waals surface area contributed by atoms with Crippen LogP contribution in [0, 0.1) is 5.92 Å². The number of carbonyl (C=O) groups excluding carboxylic acids is 3. The van der Waals surface area contributed by atoms with Gasteiger partial charge in [-0.1, -0.05) is 26.0 Å². The zero-order chi connectivity index (χ0) is 27.6. The van der Waals surface area contributed by atoms with E-state index in [0.29, 0.717) is 5.56 Å². The minimum absolute atomic E-state index is 0.0274. The average Bonchev–Trinajstić information content (AvgIpc) is 2.79. The standard InChI is InChI=1S/C23H34N4O9/c1-11(2)19(27-21(33)18(24)12(3)28)22(34)26-16(10-13-4-6-14(29)7-5-13)20(32)25-15(23(35)36)8-9-17(30)31/h4-7,11-12,15-16,18-19,28-29H,8-10,24H2,1-3H3,(H,25,32)(H,26,34)(H,27,33)(H,30,31)(H,35,36). The van der Waals surface area contributed by atoms with Crippen molar-refractivity contribution in [3.8, 4) is 5.75 Å². The predicted molar refractivity (Wildman–Crippen MR) is 127 cm³/mol. The summed E-state index contributed by atoms with van der Waals surface area (Å²) in [5, 5.41) is 44.5. The largest absolute Gasteiger partial charge is 0.508 e. The van der Waals surface area contributed by atoms with Crippen LogP contribution in [0.15, 0.2) is 24.3 Å². The van der Waals surface area contributed by atoms with E-state index in [1.165, 1.54) is 31.2 Å². The predicted octanol–water partition coefficient (Wildman–Crippen LogP) is -1.30. The number of hydrogen-bond donors (Lipinski definition) is 8. The van der Waals surface area contributed by atoms with Crippen LogP contribution in [0.25, 0.3) is 0 Å². The lowest BCUT2D eigenvalue weighted by atomic mass is 10.00. The quantitative estimate of drug-likeness (QED) is 0.147. The number of nitrogens with one attached hydrogen (secondary N) is 3. The number of aliphatic carboxylic acids is 2. The Kier molecular flexibility index (Phi) is 11.8. The maximum atomic E-state index is 13.1. The number of carbonyl (C=O) groups is 5. The van der Waals surface area contributed by atoms with Crippen LogP contribution in [0.1, 0.15) is 39.2 Å². The van der Waals surface area contributed by atoms with E-state index >= 15 is 0 Å². The number of rotatable bonds is 14. The van der Waals surface area contributed by atoms with Crippen LogP contribution in [-0.4, -0.2) is 80.4 Å². The Morgan fingerprint density at radius 1 is 0.861 bits per heavy atom. The minimum atomic E-state index is -1.52. The van der Waals surface area contributed by atoms with E-state index in [2.05, 4.69) is 16.0 Å². The lowest BCUT2D eigenvalue weighted by Gasteiger charge is -2.27. The maximum Gasteiger partial charge on any atom is 0.326 e. The number of phenolic OH excluding ortho intramolecular Hbond substituents is 1. The Morgan fingerprint density at radius 2 is 1.42 bits per heavy atom. The first kappa shape index (κ1) is 30.3. The van der Waals surface area contributed by atoms with Crippen molar-refractivity contribution >= 4 is 29.7 Å². The number of amides is 3. The van der Waals surface area contributed by atoms with Crippen molar-refractivity contribution in [2.24, 2.45) is 11.7 Å². The van der Waals surface area contributed by atoms with Crippen LogP contribution in [0.5, 0.6) is 5.75 Å². The third-order valence-corrected chi connectivity index (χ3v) is 5.34. The molecule has 0 aliphatic heterocycles. The lowest BCUT2D eigenvalue weighted by Crippen LogP contribution is -2.59. The number of hydrogen-bond acceptors (Lipinski definition) is 8. The molecule has 0 spiro atoms. The van der Waals surface area contributed by atoms with Gasteiger partial charge < -0.3 is 42.1 Å². The topological polar surface area (TPSA) is 228 Å². The van der Waals surface area contributed by atoms with E-state index in [0.717, 1.165) is 0 Å². The van der Waals surface area contributed by atoms with E-state index in [4.69, 9.17) is 10.8 Å². The van der Waals surface area contributed by atoms with Crippen molar-refractivity contribution < 1.29 is 44.4 Å². The van der Waals surface area contributed by atoms with Gasteiger partial charge in [0.2, 0.25) is 17.7 Å². The second-order valence-corrected chi connectivity index (χ2v) is 8.76. The van der Waals surface area contributed by atoms with E-state index in [-0.39, 0.29) is 18.6 Å². The molecule has 5 atom stereocenters. The Balaban J connectivity index is 3.14. The summed E-state index contributed by atoms with van der Waals surface area (Å²) in [5.41, 5.74) is 6.15. The molecule has 13 nitrogen and oxygen atoms in total. The zero-order valence-electron chi connectivity index (χ0n) is 20.3. The van der Waals surface area contributed by atoms with Crippen molar-refractivity contribution in [3.63, 3.8) is 0 Å². The summed E-state index contributed by atoms with van der Waals surface area (Å²) in [4.78, 5) is 60.7. The first-order valence-electron chi connectivity index (χ1n) is 11.3. The van der Waals surface area contributed by atoms with Gasteiger partial charge >= 0.3 is 11.9 Å². The lowest BCUT2D eigenvalue weighted by molar-refractivity contribution is -0.143. The SMILES string of the molecule is CC(C)C(NC(=O)C(N)C(C)O)C(=O)NC(Cc1ccc(O)cc1)C(=O)NC(CCC(=O)O)C(=O)O. The van der Waals surface area contributed by atoms with Crippen molar-refractivity contribution in [1.29, 1.82) is 0 Å². The fourth-order valence-electron chi connectivity index (χ4n) is 3.14. The molecule has 1 rings (SSSR count). The highest BCUT2D eigenvalue weighted by atomic mass is 16.4. The van der Waals surface area contributed by atoms with Crippen LogP contribution < -0.4 is 21.7 Å². The second-order valence-electron chi connectivity index (χ2n) is 8.76. The molecule has 0 radical (unpaired) electrons. The third kappa shape index (κ3) is 9.88. The molecule has 200 valence electrons. The maximum absolute atomic E-state index is 13.1. The monoisotopic (exact) mass is 510 g/mol. The molecule has 0 aliphatic rings. The van der Waals surface area contributed by atoms with Crippen LogP contribution in [0.2, 0.25) is 0 Å². The van der Waals surface area contributed by atoms with Gasteiger partial charge in [0.15, 0.2) is 0 Å². The molecule has 0 saturated heterocycles. The highest BCUT2D eigenvalue weighted by Gasteiger charge is 2.32.